The third-order valence-electron chi connectivity index (χ3n) is 2.73. The Morgan fingerprint density at radius 3 is 2.53 bits per heavy atom. The van der Waals surface area contributed by atoms with Gasteiger partial charge in [-0.15, -0.1) is 10.2 Å². The van der Waals surface area contributed by atoms with Gasteiger partial charge >= 0.3 is 11.8 Å². The Morgan fingerprint density at radius 1 is 1.24 bits per heavy atom. The zero-order valence-electron chi connectivity index (χ0n) is 8.22. The van der Waals surface area contributed by atoms with Crippen LogP contribution in [-0.2, 0) is 5.66 Å². The molecule has 0 bridgehead atoms. The van der Waals surface area contributed by atoms with Crippen molar-refractivity contribution < 1.29 is 13.2 Å². The number of nitrogens with zero attached hydrogens (tertiary/aromatic N) is 2. The highest BCUT2D eigenvalue weighted by Gasteiger charge is 2.65. The quantitative estimate of drug-likeness (QED) is 0.756. The van der Waals surface area contributed by atoms with Crippen LogP contribution in [0.1, 0.15) is 5.56 Å². The van der Waals surface area contributed by atoms with Crippen molar-refractivity contribution in [3.05, 3.63) is 33.5 Å². The monoisotopic (exact) mass is 351 g/mol. The minimum atomic E-state index is -4.47. The fraction of sp³-hybridized carbons (Fsp3) is 0.200. The largest absolute Gasteiger partial charge is 0.442 e. The summed E-state index contributed by atoms with van der Waals surface area (Å²) < 4.78 is 39.3. The van der Waals surface area contributed by atoms with E-state index in [1.807, 2.05) is 0 Å². The topological polar surface area (TPSA) is 40.5 Å². The van der Waals surface area contributed by atoms with E-state index in [2.05, 4.69) is 37.8 Å². The molecule has 0 spiro atoms. The summed E-state index contributed by atoms with van der Waals surface area (Å²) in [7, 11) is 0. The molecular formula is C10H5F3IN3. The third kappa shape index (κ3) is 1.48. The molecule has 7 heteroatoms. The smallest absolute Gasteiger partial charge is 0.360 e. The van der Waals surface area contributed by atoms with Crippen LogP contribution < -0.4 is 0 Å². The highest BCUT2D eigenvalue weighted by molar-refractivity contribution is 14.1. The number of alkyl halides is 3. The highest BCUT2D eigenvalue weighted by Crippen LogP contribution is 2.52. The highest BCUT2D eigenvalue weighted by atomic mass is 127. The van der Waals surface area contributed by atoms with Crippen molar-refractivity contribution in [1.82, 2.24) is 4.98 Å². The number of H-pyrrole nitrogens is 1. The maximum atomic E-state index is 12.8. The zero-order valence-corrected chi connectivity index (χ0v) is 10.4. The van der Waals surface area contributed by atoms with Gasteiger partial charge in [-0.3, -0.25) is 0 Å². The van der Waals surface area contributed by atoms with Crippen molar-refractivity contribution in [1.29, 1.82) is 0 Å². The summed E-state index contributed by atoms with van der Waals surface area (Å²) in [5.41, 5.74) is -1.47. The Balaban J connectivity index is 2.16. The van der Waals surface area contributed by atoms with Crippen LogP contribution in [0.4, 0.5) is 13.2 Å². The molecule has 1 aliphatic heterocycles. The third-order valence-corrected chi connectivity index (χ3v) is 3.62. The molecule has 1 aliphatic rings. The molecule has 2 aromatic rings. The van der Waals surface area contributed by atoms with Gasteiger partial charge in [-0.2, -0.15) is 13.2 Å². The average molecular weight is 351 g/mol. The maximum absolute atomic E-state index is 12.8. The number of halogens is 4. The van der Waals surface area contributed by atoms with Gasteiger partial charge in [0, 0.05) is 26.2 Å². The molecule has 1 aromatic heterocycles. The lowest BCUT2D eigenvalue weighted by Crippen LogP contribution is -2.30. The predicted molar refractivity (Wildman–Crippen MR) is 63.6 cm³/mol. The van der Waals surface area contributed by atoms with E-state index in [-0.39, 0.29) is 5.56 Å². The Morgan fingerprint density at radius 2 is 1.94 bits per heavy atom. The van der Waals surface area contributed by atoms with E-state index in [0.29, 0.717) is 0 Å². The van der Waals surface area contributed by atoms with Gasteiger partial charge in [0.15, 0.2) is 0 Å². The van der Waals surface area contributed by atoms with E-state index in [4.69, 9.17) is 0 Å². The molecule has 0 aliphatic carbocycles. The lowest BCUT2D eigenvalue weighted by atomic mass is 10.0. The molecule has 0 atom stereocenters. The zero-order chi connectivity index (χ0) is 12.3. The van der Waals surface area contributed by atoms with Crippen LogP contribution in [0.25, 0.3) is 10.9 Å². The average Bonchev–Trinajstić information content (AvgIpc) is 3.00. The molecule has 2 heterocycles. The second-order valence-electron chi connectivity index (χ2n) is 3.77. The first-order valence-electron chi connectivity index (χ1n) is 4.72. The fourth-order valence-corrected chi connectivity index (χ4v) is 2.35. The number of aromatic amines is 1. The van der Waals surface area contributed by atoms with Crippen molar-refractivity contribution in [2.45, 2.75) is 11.8 Å². The summed E-state index contributed by atoms with van der Waals surface area (Å²) in [6.07, 6.45) is -2.72. The van der Waals surface area contributed by atoms with Crippen LogP contribution in [0.5, 0.6) is 0 Å². The SMILES string of the molecule is FC(F)(F)C1(c2ccc3[nH]cc(I)c3c2)N=N1. The lowest BCUT2D eigenvalue weighted by molar-refractivity contribution is -0.166. The Labute approximate surface area is 107 Å². The molecule has 0 unspecified atom stereocenters. The second-order valence-corrected chi connectivity index (χ2v) is 4.93. The van der Waals surface area contributed by atoms with Crippen LogP contribution in [-0.4, -0.2) is 11.2 Å². The van der Waals surface area contributed by atoms with Gasteiger partial charge in [-0.25, -0.2) is 0 Å². The summed E-state index contributed by atoms with van der Waals surface area (Å²) in [4.78, 5) is 2.98. The van der Waals surface area contributed by atoms with Crippen molar-refractivity contribution in [2.75, 3.05) is 0 Å². The molecule has 0 amide bonds. The molecule has 0 saturated carbocycles. The first-order chi connectivity index (χ1) is 7.94. The number of aromatic nitrogens is 1. The molecule has 1 N–H and O–H groups in total. The molecular weight excluding hydrogens is 346 g/mol. The van der Waals surface area contributed by atoms with Crippen LogP contribution in [0.3, 0.4) is 0 Å². The molecule has 88 valence electrons. The number of hydrogen-bond acceptors (Lipinski definition) is 2. The minimum absolute atomic E-state index is 0.0648. The van der Waals surface area contributed by atoms with Gasteiger partial charge in [-0.05, 0) is 34.7 Å². The van der Waals surface area contributed by atoms with Crippen molar-refractivity contribution in [3.8, 4) is 0 Å². The number of nitrogens with one attached hydrogen (secondary N) is 1. The predicted octanol–water partition coefficient (Wildman–Crippen LogP) is 3.95. The van der Waals surface area contributed by atoms with Crippen LogP contribution in [0.15, 0.2) is 34.6 Å². The standard InChI is InChI=1S/C10H5F3IN3/c11-10(12,13)9(16-17-9)5-1-2-8-6(3-5)7(14)4-15-8/h1-4,15H. The van der Waals surface area contributed by atoms with Gasteiger partial charge in [0.1, 0.15) is 0 Å². The van der Waals surface area contributed by atoms with Gasteiger partial charge < -0.3 is 4.98 Å². The minimum Gasteiger partial charge on any atom is -0.360 e. The maximum Gasteiger partial charge on any atom is 0.442 e. The molecule has 1 aromatic carbocycles. The fourth-order valence-electron chi connectivity index (χ4n) is 1.75. The Kier molecular flexibility index (Phi) is 2.08. The number of hydrogen-bond donors (Lipinski definition) is 1. The van der Waals surface area contributed by atoms with E-state index < -0.39 is 11.8 Å². The lowest BCUT2D eigenvalue weighted by Gasteiger charge is -2.14. The van der Waals surface area contributed by atoms with Gasteiger partial charge in [0.05, 0.1) is 0 Å². The van der Waals surface area contributed by atoms with E-state index in [0.717, 1.165) is 14.5 Å². The summed E-state index contributed by atoms with van der Waals surface area (Å²) >= 11 is 2.07. The molecule has 0 saturated heterocycles. The van der Waals surface area contributed by atoms with E-state index in [9.17, 15) is 13.2 Å². The van der Waals surface area contributed by atoms with Crippen LogP contribution >= 0.6 is 22.6 Å². The van der Waals surface area contributed by atoms with Crippen molar-refractivity contribution >= 4 is 33.5 Å². The van der Waals surface area contributed by atoms with Gasteiger partial charge in [0.2, 0.25) is 0 Å². The first kappa shape index (κ1) is 11.0. The normalized spacial score (nSPS) is 17.6. The summed E-state index contributed by atoms with van der Waals surface area (Å²) in [6.45, 7) is 0. The Bertz CT molecular complexity index is 623. The summed E-state index contributed by atoms with van der Waals surface area (Å²) in [5, 5.41) is 7.12. The summed E-state index contributed by atoms with van der Waals surface area (Å²) in [5.74, 6) is 0. The van der Waals surface area contributed by atoms with Gasteiger partial charge in [-0.1, -0.05) is 6.07 Å². The van der Waals surface area contributed by atoms with Crippen LogP contribution in [0.2, 0.25) is 0 Å². The molecule has 3 rings (SSSR count). The second kappa shape index (κ2) is 3.21. The van der Waals surface area contributed by atoms with Gasteiger partial charge in [0.25, 0.3) is 0 Å². The van der Waals surface area contributed by atoms with E-state index in [1.54, 1.807) is 12.3 Å². The van der Waals surface area contributed by atoms with E-state index >= 15 is 0 Å². The number of fused-ring (bicyclic) bond motifs is 1. The van der Waals surface area contributed by atoms with Crippen LogP contribution in [0, 0.1) is 3.57 Å². The Hall–Kier alpha value is -1.12. The van der Waals surface area contributed by atoms with Crippen molar-refractivity contribution in [2.24, 2.45) is 10.2 Å². The first-order valence-corrected chi connectivity index (χ1v) is 5.80. The molecule has 0 fully saturated rings. The number of benzene rings is 1. The molecule has 3 nitrogen and oxygen atoms in total. The summed E-state index contributed by atoms with van der Waals surface area (Å²) in [6, 6.07) is 4.51. The van der Waals surface area contributed by atoms with E-state index in [1.165, 1.54) is 12.1 Å². The molecule has 0 radical (unpaired) electrons. The van der Waals surface area contributed by atoms with Crippen molar-refractivity contribution in [3.63, 3.8) is 0 Å². The number of rotatable bonds is 1. The molecule has 17 heavy (non-hydrogen) atoms.